The van der Waals surface area contributed by atoms with Crippen LogP contribution in [0.25, 0.3) is 0 Å². The molecule has 6 nitrogen and oxygen atoms in total. The van der Waals surface area contributed by atoms with Gasteiger partial charge in [0.1, 0.15) is 16.5 Å². The molecule has 1 aliphatic rings. The van der Waals surface area contributed by atoms with Crippen LogP contribution in [0.2, 0.25) is 0 Å². The molecule has 0 atom stereocenters. The van der Waals surface area contributed by atoms with Gasteiger partial charge in [0.15, 0.2) is 0 Å². The van der Waals surface area contributed by atoms with Crippen molar-refractivity contribution >= 4 is 40.8 Å². The van der Waals surface area contributed by atoms with Crippen molar-refractivity contribution in [2.45, 2.75) is 52.4 Å². The molecule has 196 valence electrons. The van der Waals surface area contributed by atoms with Gasteiger partial charge in [-0.15, -0.1) is 0 Å². The molecule has 7 heteroatoms. The molecule has 0 saturated carbocycles. The van der Waals surface area contributed by atoms with Crippen molar-refractivity contribution < 1.29 is 19.1 Å². The second kappa shape index (κ2) is 11.2. The number of amides is 2. The molecule has 1 aliphatic heterocycles. The number of hydrogen-bond donors (Lipinski definition) is 1. The van der Waals surface area contributed by atoms with Gasteiger partial charge >= 0.3 is 5.97 Å². The second-order valence-corrected chi connectivity index (χ2v) is 10.6. The van der Waals surface area contributed by atoms with E-state index in [1.807, 2.05) is 30.3 Å². The fraction of sp³-hybridized carbons (Fsp3) is 0.258. The molecule has 4 rings (SSSR count). The Kier molecular flexibility index (Phi) is 8.02. The van der Waals surface area contributed by atoms with E-state index in [9.17, 15) is 14.4 Å². The maximum absolute atomic E-state index is 13.1. The largest absolute Gasteiger partial charge is 0.423 e. The predicted octanol–water partition coefficient (Wildman–Crippen LogP) is 6.98. The van der Waals surface area contributed by atoms with Crippen LogP contribution in [0.4, 0.5) is 11.4 Å². The molecule has 0 aromatic heterocycles. The first-order valence-corrected chi connectivity index (χ1v) is 13.0. The number of rotatable bonds is 8. The van der Waals surface area contributed by atoms with Crippen LogP contribution in [0.15, 0.2) is 83.5 Å². The number of benzene rings is 3. The van der Waals surface area contributed by atoms with E-state index in [2.05, 4.69) is 33.0 Å². The van der Waals surface area contributed by atoms with Crippen LogP contribution in [0.3, 0.4) is 0 Å². The van der Waals surface area contributed by atoms with Crippen LogP contribution in [0.5, 0.6) is 5.75 Å². The number of nitrogens with one attached hydrogen (secondary N) is 1. The summed E-state index contributed by atoms with van der Waals surface area (Å²) in [4.78, 5) is 39.8. The Labute approximate surface area is 228 Å². The monoisotopic (exact) mass is 530 g/mol. The molecule has 3 aromatic carbocycles. The van der Waals surface area contributed by atoms with Crippen molar-refractivity contribution in [3.63, 3.8) is 0 Å². The lowest BCUT2D eigenvalue weighted by Gasteiger charge is -2.22. The van der Waals surface area contributed by atoms with E-state index in [0.717, 1.165) is 35.3 Å². The van der Waals surface area contributed by atoms with Gasteiger partial charge in [-0.1, -0.05) is 76.0 Å². The van der Waals surface area contributed by atoms with Gasteiger partial charge in [-0.05, 0) is 66.3 Å². The third kappa shape index (κ3) is 5.81. The first kappa shape index (κ1) is 27.1. The molecule has 1 heterocycles. The summed E-state index contributed by atoms with van der Waals surface area (Å²) in [5.74, 6) is -1.11. The third-order valence-electron chi connectivity index (χ3n) is 6.33. The zero-order valence-electron chi connectivity index (χ0n) is 22.0. The van der Waals surface area contributed by atoms with E-state index in [1.54, 1.807) is 42.5 Å². The van der Waals surface area contributed by atoms with Crippen molar-refractivity contribution in [1.82, 2.24) is 0 Å². The molecular weight excluding hydrogens is 500 g/mol. The standard InChI is InChI=1S/C31H31ClN2O4/c1-5-6-9-20-12-18-23(19-13-20)34-28(35)26(32)27(29(34)36)33-22-16-14-21(15-17-22)30(37)38-25-11-8-7-10-24(25)31(2,3)4/h7-8,10-19,33H,5-6,9H2,1-4H3. The van der Waals surface area contributed by atoms with Crippen LogP contribution in [0, 0.1) is 0 Å². The van der Waals surface area contributed by atoms with Gasteiger partial charge in [0.05, 0.1) is 11.3 Å². The predicted molar refractivity (Wildman–Crippen MR) is 151 cm³/mol. The third-order valence-corrected chi connectivity index (χ3v) is 6.68. The van der Waals surface area contributed by atoms with E-state index < -0.39 is 17.8 Å². The molecule has 3 aromatic rings. The molecule has 38 heavy (non-hydrogen) atoms. The Morgan fingerprint density at radius 1 is 0.921 bits per heavy atom. The zero-order chi connectivity index (χ0) is 27.4. The number of ether oxygens (including phenoxy) is 1. The second-order valence-electron chi connectivity index (χ2n) is 10.2. The smallest absolute Gasteiger partial charge is 0.343 e. The lowest BCUT2D eigenvalue weighted by atomic mass is 9.86. The number of carbonyl (C=O) groups is 3. The summed E-state index contributed by atoms with van der Waals surface area (Å²) in [6, 6.07) is 21.2. The summed E-state index contributed by atoms with van der Waals surface area (Å²) >= 11 is 6.27. The highest BCUT2D eigenvalue weighted by molar-refractivity contribution is 6.53. The maximum atomic E-state index is 13.1. The maximum Gasteiger partial charge on any atom is 0.343 e. The Hall–Kier alpha value is -3.90. The van der Waals surface area contributed by atoms with E-state index in [-0.39, 0.29) is 16.1 Å². The van der Waals surface area contributed by atoms with Crippen molar-refractivity contribution in [2.75, 3.05) is 10.2 Å². The summed E-state index contributed by atoms with van der Waals surface area (Å²) in [6.07, 6.45) is 3.10. The topological polar surface area (TPSA) is 75.7 Å². The van der Waals surface area contributed by atoms with Crippen molar-refractivity contribution in [2.24, 2.45) is 0 Å². The first-order valence-electron chi connectivity index (χ1n) is 12.7. The number of imide groups is 1. The number of hydrogen-bond acceptors (Lipinski definition) is 5. The van der Waals surface area contributed by atoms with Crippen LogP contribution in [0.1, 0.15) is 62.0 Å². The van der Waals surface area contributed by atoms with Crippen molar-refractivity contribution in [1.29, 1.82) is 0 Å². The van der Waals surface area contributed by atoms with Gasteiger partial charge in [0.25, 0.3) is 11.8 Å². The lowest BCUT2D eigenvalue weighted by molar-refractivity contribution is -0.120. The highest BCUT2D eigenvalue weighted by Crippen LogP contribution is 2.32. The highest BCUT2D eigenvalue weighted by Gasteiger charge is 2.39. The van der Waals surface area contributed by atoms with Crippen LogP contribution < -0.4 is 15.0 Å². The molecule has 2 amide bonds. The molecule has 1 N–H and O–H groups in total. The number of para-hydroxylation sites is 1. The summed E-state index contributed by atoms with van der Waals surface area (Å²) in [7, 11) is 0. The van der Waals surface area contributed by atoms with Gasteiger partial charge in [-0.3, -0.25) is 9.59 Å². The first-order chi connectivity index (χ1) is 18.1. The van der Waals surface area contributed by atoms with Crippen molar-refractivity contribution in [3.8, 4) is 5.75 Å². The fourth-order valence-corrected chi connectivity index (χ4v) is 4.42. The van der Waals surface area contributed by atoms with Crippen LogP contribution in [-0.4, -0.2) is 17.8 Å². The number of nitrogens with zero attached hydrogens (tertiary/aromatic N) is 1. The Bertz CT molecular complexity index is 1390. The lowest BCUT2D eigenvalue weighted by Crippen LogP contribution is -2.32. The molecule has 0 spiro atoms. The number of unbranched alkanes of at least 4 members (excludes halogenated alkanes) is 1. The summed E-state index contributed by atoms with van der Waals surface area (Å²) < 4.78 is 5.68. The van der Waals surface area contributed by atoms with Gasteiger partial charge in [0.2, 0.25) is 0 Å². The van der Waals surface area contributed by atoms with Gasteiger partial charge in [-0.25, -0.2) is 9.69 Å². The number of aryl methyl sites for hydroxylation is 1. The average Bonchev–Trinajstić information content (AvgIpc) is 3.10. The van der Waals surface area contributed by atoms with Gasteiger partial charge in [-0.2, -0.15) is 0 Å². The van der Waals surface area contributed by atoms with Crippen LogP contribution >= 0.6 is 11.6 Å². The quantitative estimate of drug-likeness (QED) is 0.193. The Morgan fingerprint density at radius 2 is 1.58 bits per heavy atom. The van der Waals surface area contributed by atoms with Crippen LogP contribution in [-0.2, 0) is 21.4 Å². The normalized spacial score (nSPS) is 13.8. The molecule has 0 unspecified atom stereocenters. The number of anilines is 2. The highest BCUT2D eigenvalue weighted by atomic mass is 35.5. The summed E-state index contributed by atoms with van der Waals surface area (Å²) in [6.45, 7) is 8.29. The summed E-state index contributed by atoms with van der Waals surface area (Å²) in [5, 5.41) is 2.75. The molecule has 0 fully saturated rings. The van der Waals surface area contributed by atoms with E-state index in [0.29, 0.717) is 22.7 Å². The minimum atomic E-state index is -0.585. The SMILES string of the molecule is CCCCc1ccc(N2C(=O)C(Cl)=C(Nc3ccc(C(=O)Oc4ccccc4C(C)(C)C)cc3)C2=O)cc1. The molecular formula is C31H31ClN2O4. The number of esters is 1. The van der Waals surface area contributed by atoms with Gasteiger partial charge < -0.3 is 10.1 Å². The van der Waals surface area contributed by atoms with Crippen molar-refractivity contribution in [3.05, 3.63) is 100 Å². The average molecular weight is 531 g/mol. The van der Waals surface area contributed by atoms with E-state index >= 15 is 0 Å². The molecule has 0 bridgehead atoms. The van der Waals surface area contributed by atoms with E-state index in [1.165, 1.54) is 0 Å². The molecule has 0 saturated heterocycles. The van der Waals surface area contributed by atoms with E-state index in [4.69, 9.17) is 16.3 Å². The summed E-state index contributed by atoms with van der Waals surface area (Å²) in [5.41, 5.74) is 3.18. The Balaban J connectivity index is 1.45. The number of halogens is 1. The van der Waals surface area contributed by atoms with Gasteiger partial charge in [0, 0.05) is 11.3 Å². The number of carbonyl (C=O) groups excluding carboxylic acids is 3. The zero-order valence-corrected chi connectivity index (χ0v) is 22.8. The fourth-order valence-electron chi connectivity index (χ4n) is 4.21. The minimum Gasteiger partial charge on any atom is -0.423 e. The molecule has 0 aliphatic carbocycles. The Morgan fingerprint density at radius 3 is 2.21 bits per heavy atom. The molecule has 0 radical (unpaired) electrons. The minimum absolute atomic E-state index is 0.0128.